The highest BCUT2D eigenvalue weighted by molar-refractivity contribution is 7.10. The minimum absolute atomic E-state index is 0.0503. The van der Waals surface area contributed by atoms with Crippen LogP contribution in [0.3, 0.4) is 0 Å². The van der Waals surface area contributed by atoms with Crippen LogP contribution < -0.4 is 10.6 Å². The Bertz CT molecular complexity index is 582. The Morgan fingerprint density at radius 1 is 1.29 bits per heavy atom. The van der Waals surface area contributed by atoms with Gasteiger partial charge in [0.05, 0.1) is 11.6 Å². The largest absolute Gasteiger partial charge is 0.416 e. The van der Waals surface area contributed by atoms with Crippen LogP contribution in [-0.4, -0.2) is 12.0 Å². The second-order valence-corrected chi connectivity index (χ2v) is 5.47. The number of nitrogens with zero attached hydrogens (tertiary/aromatic N) is 1. The lowest BCUT2D eigenvalue weighted by Crippen LogP contribution is -2.13. The topological polar surface area (TPSA) is 37.0 Å². The van der Waals surface area contributed by atoms with Crippen molar-refractivity contribution in [2.45, 2.75) is 25.6 Å². The van der Waals surface area contributed by atoms with Crippen molar-refractivity contribution in [1.29, 1.82) is 0 Å². The van der Waals surface area contributed by atoms with Crippen molar-refractivity contribution < 1.29 is 13.2 Å². The first kappa shape index (κ1) is 15.6. The molecular formula is C14H16F3N3S. The molecule has 0 saturated carbocycles. The maximum atomic E-state index is 12.9. The summed E-state index contributed by atoms with van der Waals surface area (Å²) in [5, 5.41) is 7.68. The van der Waals surface area contributed by atoms with Gasteiger partial charge in [-0.25, -0.2) is 4.98 Å². The number of nitrogens with one attached hydrogen (secondary N) is 2. The zero-order chi connectivity index (χ0) is 15.5. The summed E-state index contributed by atoms with van der Waals surface area (Å²) in [5.74, 6) is 0.405. The van der Waals surface area contributed by atoms with E-state index >= 15 is 0 Å². The van der Waals surface area contributed by atoms with Gasteiger partial charge in [-0.3, -0.25) is 0 Å². The number of aromatic nitrogens is 1. The normalized spacial score (nSPS) is 13.0. The highest BCUT2D eigenvalue weighted by Gasteiger charge is 2.31. The van der Waals surface area contributed by atoms with E-state index in [1.54, 1.807) is 18.4 Å². The number of hydrogen-bond donors (Lipinski definition) is 2. The maximum Gasteiger partial charge on any atom is 0.416 e. The molecule has 1 unspecified atom stereocenters. The lowest BCUT2D eigenvalue weighted by Gasteiger charge is -2.18. The number of thiophene rings is 1. The summed E-state index contributed by atoms with van der Waals surface area (Å²) in [4.78, 5) is 5.22. The lowest BCUT2D eigenvalue weighted by molar-refractivity contribution is -0.137. The Labute approximate surface area is 125 Å². The van der Waals surface area contributed by atoms with Gasteiger partial charge in [-0.1, -0.05) is 13.0 Å². The SMILES string of the molecule is CCC(Nc1cc(C(F)(F)F)cc(NC)n1)c1cccs1. The zero-order valence-corrected chi connectivity index (χ0v) is 12.5. The number of hydrogen-bond acceptors (Lipinski definition) is 4. The lowest BCUT2D eigenvalue weighted by atomic mass is 10.1. The minimum atomic E-state index is -4.39. The molecule has 3 nitrogen and oxygen atoms in total. The number of alkyl halides is 3. The monoisotopic (exact) mass is 315 g/mol. The van der Waals surface area contributed by atoms with E-state index in [9.17, 15) is 13.2 Å². The molecule has 7 heteroatoms. The molecule has 2 N–H and O–H groups in total. The van der Waals surface area contributed by atoms with E-state index in [1.165, 1.54) is 0 Å². The van der Waals surface area contributed by atoms with E-state index in [0.29, 0.717) is 0 Å². The standard InChI is InChI=1S/C14H16F3N3S/c1-3-10(11-5-4-6-21-11)19-13-8-9(14(15,16)17)7-12(18-2)20-13/h4-8,10H,3H2,1-2H3,(H2,18,19,20). The van der Waals surface area contributed by atoms with Gasteiger partial charge < -0.3 is 10.6 Å². The van der Waals surface area contributed by atoms with Crippen LogP contribution in [0.4, 0.5) is 24.8 Å². The Balaban J connectivity index is 2.30. The van der Waals surface area contributed by atoms with Crippen molar-refractivity contribution in [1.82, 2.24) is 4.98 Å². The summed E-state index contributed by atoms with van der Waals surface area (Å²) < 4.78 is 38.7. The molecule has 2 aromatic heterocycles. The molecule has 0 amide bonds. The fourth-order valence-electron chi connectivity index (χ4n) is 1.94. The van der Waals surface area contributed by atoms with Crippen LogP contribution in [0.5, 0.6) is 0 Å². The fourth-order valence-corrected chi connectivity index (χ4v) is 2.80. The van der Waals surface area contributed by atoms with Crippen molar-refractivity contribution in [2.75, 3.05) is 17.7 Å². The number of rotatable bonds is 5. The predicted octanol–water partition coefficient (Wildman–Crippen LogP) is 4.77. The van der Waals surface area contributed by atoms with Gasteiger partial charge >= 0.3 is 6.18 Å². The van der Waals surface area contributed by atoms with E-state index < -0.39 is 11.7 Å². The van der Waals surface area contributed by atoms with Crippen molar-refractivity contribution in [2.24, 2.45) is 0 Å². The second-order valence-electron chi connectivity index (χ2n) is 4.49. The molecule has 0 aliphatic heterocycles. The Kier molecular flexibility index (Phi) is 4.72. The number of halogens is 3. The summed E-state index contributed by atoms with van der Waals surface area (Å²) in [5.41, 5.74) is -0.717. The molecule has 2 rings (SSSR count). The van der Waals surface area contributed by atoms with Crippen LogP contribution in [0, 0.1) is 0 Å². The Morgan fingerprint density at radius 2 is 2.00 bits per heavy atom. The van der Waals surface area contributed by atoms with Crippen LogP contribution in [0.2, 0.25) is 0 Å². The smallest absolute Gasteiger partial charge is 0.373 e. The molecule has 2 aromatic rings. The van der Waals surface area contributed by atoms with Crippen LogP contribution in [0.25, 0.3) is 0 Å². The molecular weight excluding hydrogens is 299 g/mol. The fraction of sp³-hybridized carbons (Fsp3) is 0.357. The second kappa shape index (κ2) is 6.34. The molecule has 1 atom stereocenters. The summed E-state index contributed by atoms with van der Waals surface area (Å²) >= 11 is 1.57. The van der Waals surface area contributed by atoms with E-state index in [2.05, 4.69) is 15.6 Å². The summed E-state index contributed by atoms with van der Waals surface area (Å²) in [7, 11) is 1.54. The maximum absolute atomic E-state index is 12.9. The van der Waals surface area contributed by atoms with E-state index in [4.69, 9.17) is 0 Å². The van der Waals surface area contributed by atoms with Crippen LogP contribution in [0.1, 0.15) is 29.8 Å². The van der Waals surface area contributed by atoms with Crippen LogP contribution in [-0.2, 0) is 6.18 Å². The molecule has 2 heterocycles. The molecule has 0 aliphatic rings. The molecule has 0 aromatic carbocycles. The van der Waals surface area contributed by atoms with Gasteiger partial charge in [0.25, 0.3) is 0 Å². The van der Waals surface area contributed by atoms with Crippen molar-refractivity contribution in [3.8, 4) is 0 Å². The van der Waals surface area contributed by atoms with Gasteiger partial charge in [-0.15, -0.1) is 11.3 Å². The van der Waals surface area contributed by atoms with Crippen molar-refractivity contribution in [3.63, 3.8) is 0 Å². The summed E-state index contributed by atoms with van der Waals surface area (Å²) in [6.07, 6.45) is -3.64. The zero-order valence-electron chi connectivity index (χ0n) is 11.7. The van der Waals surface area contributed by atoms with Crippen LogP contribution in [0.15, 0.2) is 29.6 Å². The summed E-state index contributed by atoms with van der Waals surface area (Å²) in [6.45, 7) is 1.98. The van der Waals surface area contributed by atoms with E-state index in [1.807, 2.05) is 24.4 Å². The predicted molar refractivity (Wildman–Crippen MR) is 79.8 cm³/mol. The average Bonchev–Trinajstić information content (AvgIpc) is 2.97. The first-order valence-electron chi connectivity index (χ1n) is 6.51. The van der Waals surface area contributed by atoms with E-state index in [0.717, 1.165) is 23.4 Å². The minimum Gasteiger partial charge on any atom is -0.373 e. The number of anilines is 2. The third-order valence-corrected chi connectivity index (χ3v) is 4.01. The van der Waals surface area contributed by atoms with Gasteiger partial charge in [0.15, 0.2) is 0 Å². The highest BCUT2D eigenvalue weighted by atomic mass is 32.1. The van der Waals surface area contributed by atoms with Gasteiger partial charge in [-0.05, 0) is 30.0 Å². The third-order valence-electron chi connectivity index (χ3n) is 3.03. The van der Waals surface area contributed by atoms with Crippen molar-refractivity contribution in [3.05, 3.63) is 40.1 Å². The average molecular weight is 315 g/mol. The van der Waals surface area contributed by atoms with Gasteiger partial charge in [0, 0.05) is 11.9 Å². The number of pyridine rings is 1. The first-order chi connectivity index (χ1) is 9.94. The molecule has 0 spiro atoms. The molecule has 0 saturated heterocycles. The Hall–Kier alpha value is -1.76. The molecule has 0 bridgehead atoms. The quantitative estimate of drug-likeness (QED) is 0.835. The van der Waals surface area contributed by atoms with Crippen LogP contribution >= 0.6 is 11.3 Å². The van der Waals surface area contributed by atoms with Gasteiger partial charge in [0.2, 0.25) is 0 Å². The molecule has 0 fully saturated rings. The summed E-state index contributed by atoms with van der Waals surface area (Å²) in [6, 6.07) is 5.86. The van der Waals surface area contributed by atoms with Gasteiger partial charge in [-0.2, -0.15) is 13.2 Å². The van der Waals surface area contributed by atoms with Gasteiger partial charge in [0.1, 0.15) is 11.6 Å². The highest BCUT2D eigenvalue weighted by Crippen LogP contribution is 2.33. The molecule has 0 aliphatic carbocycles. The molecule has 21 heavy (non-hydrogen) atoms. The first-order valence-corrected chi connectivity index (χ1v) is 7.39. The molecule has 114 valence electrons. The van der Waals surface area contributed by atoms with Crippen molar-refractivity contribution >= 4 is 23.0 Å². The molecule has 0 radical (unpaired) electrons. The van der Waals surface area contributed by atoms with E-state index in [-0.39, 0.29) is 17.7 Å². The Morgan fingerprint density at radius 3 is 2.52 bits per heavy atom. The third kappa shape index (κ3) is 3.87.